The van der Waals surface area contributed by atoms with Gasteiger partial charge in [-0.2, -0.15) is 0 Å². The van der Waals surface area contributed by atoms with E-state index in [0.717, 1.165) is 5.56 Å². The van der Waals surface area contributed by atoms with Gasteiger partial charge in [0, 0.05) is 19.2 Å². The van der Waals surface area contributed by atoms with Crippen molar-refractivity contribution in [2.45, 2.75) is 13.0 Å². The number of rotatable bonds is 6. The van der Waals surface area contributed by atoms with Gasteiger partial charge in [-0.25, -0.2) is 4.39 Å². The van der Waals surface area contributed by atoms with Crippen LogP contribution in [0.3, 0.4) is 0 Å². The predicted octanol–water partition coefficient (Wildman–Crippen LogP) is 3.33. The molecule has 0 saturated carbocycles. The Hall–Kier alpha value is -2.96. The molecule has 24 heavy (non-hydrogen) atoms. The largest absolute Gasteiger partial charge is 0.484 e. The van der Waals surface area contributed by atoms with E-state index < -0.39 is 4.92 Å². The molecule has 2 aromatic rings. The van der Waals surface area contributed by atoms with Crippen LogP contribution >= 0.6 is 0 Å². The van der Waals surface area contributed by atoms with Gasteiger partial charge in [0.25, 0.3) is 11.6 Å². The van der Waals surface area contributed by atoms with Crippen molar-refractivity contribution in [2.75, 3.05) is 13.7 Å². The van der Waals surface area contributed by atoms with Crippen molar-refractivity contribution in [1.82, 2.24) is 4.90 Å². The van der Waals surface area contributed by atoms with Gasteiger partial charge in [0.2, 0.25) is 0 Å². The van der Waals surface area contributed by atoms with Crippen molar-refractivity contribution in [2.24, 2.45) is 0 Å². The molecule has 7 heteroatoms. The van der Waals surface area contributed by atoms with Crippen molar-refractivity contribution in [3.63, 3.8) is 0 Å². The number of amides is 1. The van der Waals surface area contributed by atoms with Gasteiger partial charge in [-0.15, -0.1) is 0 Å². The standard InChI is InChI=1S/C17H17FN2O4/c1-12(13-3-5-14(18)6-4-13)19(2)17(21)11-24-16-9-7-15(8-10-16)20(22)23/h3-10,12H,11H2,1-2H3. The number of likely N-dealkylation sites (N-methyl/N-ethyl adjacent to an activating group) is 1. The fraction of sp³-hybridized carbons (Fsp3) is 0.235. The van der Waals surface area contributed by atoms with Gasteiger partial charge >= 0.3 is 0 Å². The molecule has 0 aliphatic heterocycles. The first-order valence-corrected chi connectivity index (χ1v) is 7.27. The number of nitrogens with zero attached hydrogens (tertiary/aromatic N) is 2. The average Bonchev–Trinajstić information content (AvgIpc) is 2.59. The summed E-state index contributed by atoms with van der Waals surface area (Å²) >= 11 is 0. The molecule has 2 rings (SSSR count). The molecule has 0 N–H and O–H groups in total. The molecule has 0 fully saturated rings. The second-order valence-electron chi connectivity index (χ2n) is 5.27. The number of carbonyl (C=O) groups is 1. The van der Waals surface area contributed by atoms with E-state index in [4.69, 9.17) is 4.74 Å². The first-order valence-electron chi connectivity index (χ1n) is 7.27. The number of non-ortho nitro benzene ring substituents is 1. The Morgan fingerprint density at radius 1 is 1.21 bits per heavy atom. The Bertz CT molecular complexity index is 716. The molecular formula is C17H17FN2O4. The van der Waals surface area contributed by atoms with Gasteiger partial charge in [-0.05, 0) is 36.8 Å². The van der Waals surface area contributed by atoms with E-state index in [0.29, 0.717) is 5.75 Å². The molecule has 6 nitrogen and oxygen atoms in total. The van der Waals surface area contributed by atoms with E-state index in [9.17, 15) is 19.3 Å². The van der Waals surface area contributed by atoms with E-state index in [1.165, 1.54) is 41.3 Å². The lowest BCUT2D eigenvalue weighted by molar-refractivity contribution is -0.384. The van der Waals surface area contributed by atoms with Crippen LogP contribution in [0, 0.1) is 15.9 Å². The van der Waals surface area contributed by atoms with Crippen LogP contribution in [-0.2, 0) is 4.79 Å². The lowest BCUT2D eigenvalue weighted by Crippen LogP contribution is -2.33. The molecule has 0 aliphatic rings. The van der Waals surface area contributed by atoms with Crippen LogP contribution in [0.1, 0.15) is 18.5 Å². The maximum absolute atomic E-state index is 13.0. The third-order valence-corrected chi connectivity index (χ3v) is 3.74. The Kier molecular flexibility index (Phi) is 5.47. The minimum absolute atomic E-state index is 0.0456. The average molecular weight is 332 g/mol. The fourth-order valence-corrected chi connectivity index (χ4v) is 2.09. The van der Waals surface area contributed by atoms with Crippen LogP contribution in [0.4, 0.5) is 10.1 Å². The van der Waals surface area contributed by atoms with Crippen molar-refractivity contribution in [3.05, 3.63) is 70.0 Å². The Morgan fingerprint density at radius 2 is 1.79 bits per heavy atom. The zero-order valence-corrected chi connectivity index (χ0v) is 13.3. The number of nitro groups is 1. The lowest BCUT2D eigenvalue weighted by Gasteiger charge is -2.25. The highest BCUT2D eigenvalue weighted by molar-refractivity contribution is 5.78. The molecule has 1 amide bonds. The number of halogens is 1. The molecule has 0 spiro atoms. The summed E-state index contributed by atoms with van der Waals surface area (Å²) in [5, 5.41) is 10.6. The molecular weight excluding hydrogens is 315 g/mol. The molecule has 1 unspecified atom stereocenters. The molecule has 0 radical (unpaired) electrons. The molecule has 2 aromatic carbocycles. The normalized spacial score (nSPS) is 11.6. The summed E-state index contributed by atoms with van der Waals surface area (Å²) in [7, 11) is 1.63. The van der Waals surface area contributed by atoms with Gasteiger partial charge in [0.1, 0.15) is 11.6 Å². The molecule has 0 aliphatic carbocycles. The minimum atomic E-state index is -0.507. The fourth-order valence-electron chi connectivity index (χ4n) is 2.09. The maximum Gasteiger partial charge on any atom is 0.269 e. The van der Waals surface area contributed by atoms with Crippen molar-refractivity contribution < 1.29 is 18.8 Å². The van der Waals surface area contributed by atoms with Crippen molar-refractivity contribution in [1.29, 1.82) is 0 Å². The second-order valence-corrected chi connectivity index (χ2v) is 5.27. The number of nitro benzene ring substituents is 1. The van der Waals surface area contributed by atoms with Gasteiger partial charge in [0.05, 0.1) is 11.0 Å². The summed E-state index contributed by atoms with van der Waals surface area (Å²) in [6.07, 6.45) is 0. The minimum Gasteiger partial charge on any atom is -0.484 e. The summed E-state index contributed by atoms with van der Waals surface area (Å²) in [6.45, 7) is 1.64. The van der Waals surface area contributed by atoms with Crippen LogP contribution in [0.25, 0.3) is 0 Å². The Labute approximate surface area is 138 Å². The zero-order chi connectivity index (χ0) is 17.7. The van der Waals surface area contributed by atoms with Crippen molar-refractivity contribution >= 4 is 11.6 Å². The highest BCUT2D eigenvalue weighted by atomic mass is 19.1. The summed E-state index contributed by atoms with van der Waals surface area (Å²) in [5.74, 6) is -0.219. The lowest BCUT2D eigenvalue weighted by atomic mass is 10.1. The summed E-state index contributed by atoms with van der Waals surface area (Å²) in [5.41, 5.74) is 0.762. The highest BCUT2D eigenvalue weighted by Gasteiger charge is 2.18. The number of benzene rings is 2. The maximum atomic E-state index is 13.0. The number of hydrogen-bond acceptors (Lipinski definition) is 4. The zero-order valence-electron chi connectivity index (χ0n) is 13.3. The van der Waals surface area contributed by atoms with Crippen LogP contribution in [-0.4, -0.2) is 29.4 Å². The summed E-state index contributed by atoms with van der Waals surface area (Å²) < 4.78 is 18.3. The molecule has 0 saturated heterocycles. The molecule has 0 heterocycles. The van der Waals surface area contributed by atoms with Gasteiger partial charge in [0.15, 0.2) is 6.61 Å². The van der Waals surface area contributed by atoms with Crippen LogP contribution in [0.2, 0.25) is 0 Å². The first-order chi connectivity index (χ1) is 11.4. The molecule has 0 bridgehead atoms. The summed E-state index contributed by atoms with van der Waals surface area (Å²) in [4.78, 5) is 23.8. The highest BCUT2D eigenvalue weighted by Crippen LogP contribution is 2.20. The van der Waals surface area contributed by atoms with Gasteiger partial charge in [-0.3, -0.25) is 14.9 Å². The Morgan fingerprint density at radius 3 is 2.33 bits per heavy atom. The smallest absolute Gasteiger partial charge is 0.269 e. The van der Waals surface area contributed by atoms with E-state index in [2.05, 4.69) is 0 Å². The van der Waals surface area contributed by atoms with Crippen molar-refractivity contribution in [3.8, 4) is 5.75 Å². The second kappa shape index (κ2) is 7.54. The van der Waals surface area contributed by atoms with Gasteiger partial charge < -0.3 is 9.64 Å². The topological polar surface area (TPSA) is 72.7 Å². The van der Waals surface area contributed by atoms with Gasteiger partial charge in [-0.1, -0.05) is 12.1 Å². The predicted molar refractivity (Wildman–Crippen MR) is 86.2 cm³/mol. The van der Waals surface area contributed by atoms with Crippen LogP contribution in [0.15, 0.2) is 48.5 Å². The molecule has 1 atom stereocenters. The first kappa shape index (κ1) is 17.4. The van der Waals surface area contributed by atoms with E-state index >= 15 is 0 Å². The third-order valence-electron chi connectivity index (χ3n) is 3.74. The Balaban J connectivity index is 1.93. The van der Waals surface area contributed by atoms with Crippen LogP contribution in [0.5, 0.6) is 5.75 Å². The SMILES string of the molecule is CC(c1ccc(F)cc1)N(C)C(=O)COc1ccc([N+](=O)[O-])cc1. The summed E-state index contributed by atoms with van der Waals surface area (Å²) in [6, 6.07) is 11.2. The quantitative estimate of drug-likeness (QED) is 0.601. The number of hydrogen-bond donors (Lipinski definition) is 0. The third kappa shape index (κ3) is 4.28. The van der Waals surface area contributed by atoms with E-state index in [1.54, 1.807) is 19.2 Å². The number of ether oxygens (including phenoxy) is 1. The molecule has 126 valence electrons. The number of carbonyl (C=O) groups excluding carboxylic acids is 1. The molecule has 0 aromatic heterocycles. The van der Waals surface area contributed by atoms with E-state index in [1.807, 2.05) is 6.92 Å². The van der Waals surface area contributed by atoms with E-state index in [-0.39, 0.29) is 30.1 Å². The monoisotopic (exact) mass is 332 g/mol. The van der Waals surface area contributed by atoms with Crippen LogP contribution < -0.4 is 4.74 Å².